The predicted molar refractivity (Wildman–Crippen MR) is 267 cm³/mol. The molecule has 0 saturated heterocycles. The number of hydrogen-bond donors (Lipinski definition) is 0. The highest BCUT2D eigenvalue weighted by Crippen LogP contribution is 2.69. The third-order valence-corrected chi connectivity index (χ3v) is 16.7. The third kappa shape index (κ3) is 4.99. The monoisotopic (exact) mass is 836 g/mol. The summed E-state index contributed by atoms with van der Waals surface area (Å²) >= 11 is 0. The molecule has 0 unspecified atom stereocenters. The van der Waals surface area contributed by atoms with Crippen LogP contribution in [-0.4, -0.2) is 9.13 Å². The van der Waals surface area contributed by atoms with Gasteiger partial charge in [-0.3, -0.25) is 0 Å². The van der Waals surface area contributed by atoms with Crippen molar-refractivity contribution < 1.29 is 4.39 Å². The Morgan fingerprint density at radius 3 is 1.68 bits per heavy atom. The van der Waals surface area contributed by atoms with Crippen LogP contribution in [0.4, 0.5) is 4.39 Å². The van der Waals surface area contributed by atoms with Crippen LogP contribution in [0.1, 0.15) is 43.2 Å². The smallest absolute Gasteiger partial charge is 0.123 e. The quantitative estimate of drug-likeness (QED) is 0.167. The largest absolute Gasteiger partial charge is 0.309 e. The van der Waals surface area contributed by atoms with Crippen molar-refractivity contribution in [3.8, 4) is 44.8 Å². The Bertz CT molecular complexity index is 3780. The summed E-state index contributed by atoms with van der Waals surface area (Å²) in [4.78, 5) is 0. The maximum Gasteiger partial charge on any atom is 0.123 e. The molecule has 2 nitrogen and oxygen atoms in total. The van der Waals surface area contributed by atoms with Gasteiger partial charge in [0.05, 0.1) is 22.1 Å². The number of aromatic nitrogens is 2. The molecule has 4 saturated carbocycles. The Hall–Kier alpha value is -7.23. The molecule has 3 heteroatoms. The third-order valence-electron chi connectivity index (χ3n) is 16.7. The summed E-state index contributed by atoms with van der Waals surface area (Å²) in [6.45, 7) is 0. The first kappa shape index (κ1) is 36.1. The topological polar surface area (TPSA) is 9.86 Å². The molecule has 1 spiro atoms. The van der Waals surface area contributed by atoms with Crippen LogP contribution in [0.25, 0.3) is 99.1 Å². The maximum absolute atomic E-state index is 15.4. The van der Waals surface area contributed by atoms with Gasteiger partial charge in [-0.25, -0.2) is 4.39 Å². The van der Waals surface area contributed by atoms with E-state index < -0.39 is 0 Å². The van der Waals surface area contributed by atoms with Crippen molar-refractivity contribution in [3.63, 3.8) is 0 Å². The van der Waals surface area contributed by atoms with Gasteiger partial charge in [-0.15, -0.1) is 0 Å². The lowest BCUT2D eigenvalue weighted by atomic mass is 9.43. The van der Waals surface area contributed by atoms with Gasteiger partial charge in [0, 0.05) is 38.3 Å². The Balaban J connectivity index is 0.850. The van der Waals surface area contributed by atoms with Crippen LogP contribution in [-0.2, 0) is 5.41 Å². The normalized spacial score (nSPS) is 21.7. The summed E-state index contributed by atoms with van der Waals surface area (Å²) in [7, 11) is 0. The van der Waals surface area contributed by atoms with E-state index in [0.29, 0.717) is 11.8 Å². The van der Waals surface area contributed by atoms with Crippen molar-refractivity contribution in [2.75, 3.05) is 0 Å². The Labute approximate surface area is 377 Å². The second-order valence-electron chi connectivity index (χ2n) is 19.9. The summed E-state index contributed by atoms with van der Waals surface area (Å²) in [5.41, 5.74) is 17.5. The zero-order chi connectivity index (χ0) is 42.5. The average Bonchev–Trinajstić information content (AvgIpc) is 3.96. The van der Waals surface area contributed by atoms with Gasteiger partial charge in [-0.1, -0.05) is 109 Å². The van der Waals surface area contributed by atoms with Gasteiger partial charge in [0.25, 0.3) is 0 Å². The van der Waals surface area contributed by atoms with E-state index in [1.54, 1.807) is 17.7 Å². The molecule has 4 fully saturated rings. The number of para-hydroxylation sites is 1. The molecule has 11 aromatic rings. The number of hydrogen-bond acceptors (Lipinski definition) is 0. The van der Waals surface area contributed by atoms with Crippen LogP contribution < -0.4 is 0 Å². The van der Waals surface area contributed by atoms with Crippen molar-refractivity contribution in [2.24, 2.45) is 23.7 Å². The standard InChI is InChI=1S/C62H45FN2/c63-47-19-26-61-55(35-47)54-34-44(18-25-60(54)65(61)49-22-23-51-50-9-3-5-11-56(50)62(57(51)36-49)45-28-37-27-38(30-45)31-46(62)29-37)43-17-24-59-53(33-43)52-10-4-6-12-58(52)64(59)48-20-15-40(16-21-48)42-14-13-39-7-1-2-8-41(39)32-42/h1-26,32-38,45-46H,27-31H2. The van der Waals surface area contributed by atoms with E-state index >= 15 is 4.39 Å². The summed E-state index contributed by atoms with van der Waals surface area (Å²) in [6, 6.07) is 68.6. The minimum atomic E-state index is -0.210. The minimum absolute atomic E-state index is 0.0799. The van der Waals surface area contributed by atoms with Crippen LogP contribution in [0.5, 0.6) is 0 Å². The fourth-order valence-corrected chi connectivity index (χ4v) is 14.3. The van der Waals surface area contributed by atoms with Crippen LogP contribution in [0.2, 0.25) is 0 Å². The first-order chi connectivity index (χ1) is 32.1. The Morgan fingerprint density at radius 1 is 0.369 bits per heavy atom. The summed E-state index contributed by atoms with van der Waals surface area (Å²) < 4.78 is 20.2. The number of nitrogens with zero attached hydrogens (tertiary/aromatic N) is 2. The van der Waals surface area contributed by atoms with Crippen molar-refractivity contribution in [3.05, 3.63) is 205 Å². The van der Waals surface area contributed by atoms with Crippen molar-refractivity contribution in [1.82, 2.24) is 9.13 Å². The van der Waals surface area contributed by atoms with Crippen molar-refractivity contribution in [2.45, 2.75) is 37.5 Å². The van der Waals surface area contributed by atoms with E-state index in [2.05, 4.69) is 179 Å². The molecule has 16 rings (SSSR count). The first-order valence-electron chi connectivity index (χ1n) is 23.7. The summed E-state index contributed by atoms with van der Waals surface area (Å²) in [6.07, 6.45) is 6.86. The van der Waals surface area contributed by atoms with E-state index in [9.17, 15) is 0 Å². The highest BCUT2D eigenvalue weighted by Gasteiger charge is 2.61. The van der Waals surface area contributed by atoms with Crippen LogP contribution in [0.3, 0.4) is 0 Å². The van der Waals surface area contributed by atoms with E-state index in [0.717, 1.165) is 50.5 Å². The number of benzene rings is 9. The molecule has 0 atom stereocenters. The zero-order valence-corrected chi connectivity index (χ0v) is 36.0. The van der Waals surface area contributed by atoms with Crippen molar-refractivity contribution in [1.29, 1.82) is 0 Å². The first-order valence-corrected chi connectivity index (χ1v) is 23.7. The minimum Gasteiger partial charge on any atom is -0.309 e. The van der Waals surface area contributed by atoms with E-state index in [4.69, 9.17) is 0 Å². The molecule has 2 heterocycles. The fraction of sp³-hybridized carbons (Fsp3) is 0.161. The van der Waals surface area contributed by atoms with Crippen molar-refractivity contribution >= 4 is 54.4 Å². The number of halogens is 1. The van der Waals surface area contributed by atoms with E-state index in [-0.39, 0.29) is 11.2 Å². The molecule has 0 N–H and O–H groups in total. The molecule has 0 amide bonds. The van der Waals surface area contributed by atoms with E-state index in [1.165, 1.54) is 98.2 Å². The summed E-state index contributed by atoms with van der Waals surface area (Å²) in [5.74, 6) is 2.96. The number of fused-ring (bicyclic) bond motifs is 10. The maximum atomic E-state index is 15.4. The molecule has 0 aliphatic heterocycles. The van der Waals surface area contributed by atoms with Crippen LogP contribution in [0.15, 0.2) is 188 Å². The molecule has 5 aliphatic rings. The van der Waals surface area contributed by atoms with Crippen LogP contribution >= 0.6 is 0 Å². The van der Waals surface area contributed by atoms with Gasteiger partial charge in [-0.2, -0.15) is 0 Å². The molecule has 0 radical (unpaired) electrons. The lowest BCUT2D eigenvalue weighted by Crippen LogP contribution is -2.55. The Kier molecular flexibility index (Phi) is 7.33. The molecular weight excluding hydrogens is 792 g/mol. The van der Waals surface area contributed by atoms with Gasteiger partial charge < -0.3 is 9.13 Å². The summed E-state index contributed by atoms with van der Waals surface area (Å²) in [5, 5.41) is 6.95. The highest BCUT2D eigenvalue weighted by atomic mass is 19.1. The molecule has 310 valence electrons. The lowest BCUT2D eigenvalue weighted by Gasteiger charge is -2.61. The molecule has 4 bridgehead atoms. The zero-order valence-electron chi connectivity index (χ0n) is 36.0. The second-order valence-corrected chi connectivity index (χ2v) is 19.9. The average molecular weight is 837 g/mol. The second kappa shape index (κ2) is 13.2. The fourth-order valence-electron chi connectivity index (χ4n) is 14.3. The van der Waals surface area contributed by atoms with Crippen LogP contribution in [0, 0.1) is 29.5 Å². The van der Waals surface area contributed by atoms with Gasteiger partial charge in [0.15, 0.2) is 0 Å². The van der Waals surface area contributed by atoms with Gasteiger partial charge in [0.2, 0.25) is 0 Å². The lowest BCUT2D eigenvalue weighted by molar-refractivity contribution is -0.0399. The molecule has 5 aliphatic carbocycles. The predicted octanol–water partition coefficient (Wildman–Crippen LogP) is 16.2. The molecule has 65 heavy (non-hydrogen) atoms. The van der Waals surface area contributed by atoms with E-state index in [1.807, 2.05) is 6.07 Å². The molecule has 9 aromatic carbocycles. The SMILES string of the molecule is Fc1ccc2c(c1)c1cc(-c3ccc4c(c3)c3ccccc3n4-c3ccc(-c4ccc5ccccc5c4)cc3)ccc1n2-c1ccc2c(c1)C1(c3ccccc3-2)C2CC3CC(C2)CC1C3. The van der Waals surface area contributed by atoms with Gasteiger partial charge in [0.1, 0.15) is 5.82 Å². The molecular formula is C62H45FN2. The van der Waals surface area contributed by atoms with Gasteiger partial charge >= 0.3 is 0 Å². The number of rotatable bonds is 4. The molecule has 2 aromatic heterocycles. The Morgan fingerprint density at radius 2 is 0.908 bits per heavy atom. The highest BCUT2D eigenvalue weighted by molar-refractivity contribution is 6.13. The van der Waals surface area contributed by atoms with Gasteiger partial charge in [-0.05, 0) is 190 Å².